The number of halogens is 1. The van der Waals surface area contributed by atoms with Crippen LogP contribution in [0.3, 0.4) is 0 Å². The molecule has 0 atom stereocenters. The SMILES string of the molecule is COC(=O)c1cnc(NCCc2ccc(F)cc2)cn1. The van der Waals surface area contributed by atoms with Crippen molar-refractivity contribution in [3.8, 4) is 0 Å². The molecule has 0 spiro atoms. The van der Waals surface area contributed by atoms with E-state index in [4.69, 9.17) is 0 Å². The van der Waals surface area contributed by atoms with Crippen molar-refractivity contribution in [2.45, 2.75) is 6.42 Å². The lowest BCUT2D eigenvalue weighted by Crippen LogP contribution is -2.09. The molecule has 1 aromatic carbocycles. The Morgan fingerprint density at radius 2 is 2.00 bits per heavy atom. The van der Waals surface area contributed by atoms with Gasteiger partial charge in [0.05, 0.1) is 19.5 Å². The highest BCUT2D eigenvalue weighted by Gasteiger charge is 2.06. The normalized spacial score (nSPS) is 10.1. The average Bonchev–Trinajstić information content (AvgIpc) is 2.49. The van der Waals surface area contributed by atoms with Crippen LogP contribution >= 0.6 is 0 Å². The van der Waals surface area contributed by atoms with Crippen LogP contribution < -0.4 is 5.32 Å². The molecule has 0 saturated heterocycles. The predicted molar refractivity (Wildman–Crippen MR) is 72.0 cm³/mol. The molecule has 6 heteroatoms. The maximum Gasteiger partial charge on any atom is 0.358 e. The van der Waals surface area contributed by atoms with Crippen molar-refractivity contribution in [1.29, 1.82) is 0 Å². The lowest BCUT2D eigenvalue weighted by molar-refractivity contribution is 0.0593. The Balaban J connectivity index is 1.85. The first kappa shape index (κ1) is 13.9. The summed E-state index contributed by atoms with van der Waals surface area (Å²) in [4.78, 5) is 19.2. The van der Waals surface area contributed by atoms with E-state index in [0.29, 0.717) is 12.4 Å². The van der Waals surface area contributed by atoms with Gasteiger partial charge in [0.15, 0.2) is 5.69 Å². The molecule has 0 unspecified atom stereocenters. The van der Waals surface area contributed by atoms with Gasteiger partial charge in [-0.05, 0) is 24.1 Å². The lowest BCUT2D eigenvalue weighted by Gasteiger charge is -2.05. The molecule has 2 aromatic rings. The third-order valence-corrected chi connectivity index (χ3v) is 2.68. The molecule has 1 aromatic heterocycles. The van der Waals surface area contributed by atoms with Crippen LogP contribution in [-0.4, -0.2) is 29.6 Å². The van der Waals surface area contributed by atoms with E-state index < -0.39 is 5.97 Å². The Kier molecular flexibility index (Phi) is 4.60. The summed E-state index contributed by atoms with van der Waals surface area (Å²) in [5.41, 5.74) is 1.19. The van der Waals surface area contributed by atoms with Gasteiger partial charge in [-0.1, -0.05) is 12.1 Å². The number of carbonyl (C=O) groups is 1. The van der Waals surface area contributed by atoms with Crippen molar-refractivity contribution in [2.24, 2.45) is 0 Å². The van der Waals surface area contributed by atoms with Crippen molar-refractivity contribution >= 4 is 11.8 Å². The van der Waals surface area contributed by atoms with E-state index in [1.807, 2.05) is 0 Å². The highest BCUT2D eigenvalue weighted by atomic mass is 19.1. The second-order valence-electron chi connectivity index (χ2n) is 4.08. The molecule has 0 radical (unpaired) electrons. The van der Waals surface area contributed by atoms with E-state index in [1.54, 1.807) is 12.1 Å². The van der Waals surface area contributed by atoms with Crippen LogP contribution in [0.15, 0.2) is 36.7 Å². The number of aromatic nitrogens is 2. The Hall–Kier alpha value is -2.50. The quantitative estimate of drug-likeness (QED) is 0.846. The number of ether oxygens (including phenoxy) is 1. The number of hydrogen-bond acceptors (Lipinski definition) is 5. The minimum atomic E-state index is -0.518. The topological polar surface area (TPSA) is 64.1 Å². The molecule has 2 rings (SSSR count). The highest BCUT2D eigenvalue weighted by molar-refractivity contribution is 5.86. The smallest absolute Gasteiger partial charge is 0.358 e. The lowest BCUT2D eigenvalue weighted by atomic mass is 10.1. The van der Waals surface area contributed by atoms with Crippen molar-refractivity contribution in [2.75, 3.05) is 19.0 Å². The van der Waals surface area contributed by atoms with E-state index in [-0.39, 0.29) is 11.5 Å². The molecule has 1 heterocycles. The van der Waals surface area contributed by atoms with E-state index in [9.17, 15) is 9.18 Å². The zero-order valence-electron chi connectivity index (χ0n) is 11.0. The summed E-state index contributed by atoms with van der Waals surface area (Å²) in [5.74, 6) is -0.193. The molecule has 0 aliphatic heterocycles. The molecule has 5 nitrogen and oxygen atoms in total. The number of nitrogens with zero attached hydrogens (tertiary/aromatic N) is 2. The molecule has 0 bridgehead atoms. The van der Waals surface area contributed by atoms with Gasteiger partial charge in [0, 0.05) is 6.54 Å². The monoisotopic (exact) mass is 275 g/mol. The minimum Gasteiger partial charge on any atom is -0.464 e. The third kappa shape index (κ3) is 3.74. The number of methoxy groups -OCH3 is 1. The van der Waals surface area contributed by atoms with Crippen LogP contribution in [0.2, 0.25) is 0 Å². The molecule has 0 aliphatic rings. The largest absolute Gasteiger partial charge is 0.464 e. The number of esters is 1. The van der Waals surface area contributed by atoms with Gasteiger partial charge in [0.1, 0.15) is 11.6 Å². The first-order valence-corrected chi connectivity index (χ1v) is 6.07. The van der Waals surface area contributed by atoms with Crippen LogP contribution in [-0.2, 0) is 11.2 Å². The summed E-state index contributed by atoms with van der Waals surface area (Å²) >= 11 is 0. The van der Waals surface area contributed by atoms with Crippen LogP contribution in [0.1, 0.15) is 16.1 Å². The Bertz CT molecular complexity index is 570. The molecule has 104 valence electrons. The van der Waals surface area contributed by atoms with E-state index in [1.165, 1.54) is 31.6 Å². The Labute approximate surface area is 115 Å². The molecule has 0 fully saturated rings. The second kappa shape index (κ2) is 6.60. The maximum absolute atomic E-state index is 12.7. The van der Waals surface area contributed by atoms with Gasteiger partial charge in [-0.2, -0.15) is 0 Å². The van der Waals surface area contributed by atoms with Gasteiger partial charge in [0.25, 0.3) is 0 Å². The minimum absolute atomic E-state index is 0.164. The van der Waals surface area contributed by atoms with Crippen molar-refractivity contribution in [3.63, 3.8) is 0 Å². The number of anilines is 1. The van der Waals surface area contributed by atoms with Gasteiger partial charge in [-0.25, -0.2) is 19.2 Å². The fourth-order valence-corrected chi connectivity index (χ4v) is 1.62. The van der Waals surface area contributed by atoms with Crippen LogP contribution in [0.25, 0.3) is 0 Å². The summed E-state index contributed by atoms with van der Waals surface area (Å²) < 4.78 is 17.3. The van der Waals surface area contributed by atoms with Gasteiger partial charge < -0.3 is 10.1 Å². The summed E-state index contributed by atoms with van der Waals surface area (Å²) in [5, 5.41) is 3.07. The zero-order chi connectivity index (χ0) is 14.4. The molecular formula is C14H14FN3O2. The number of benzene rings is 1. The van der Waals surface area contributed by atoms with Crippen LogP contribution in [0, 0.1) is 5.82 Å². The summed E-state index contributed by atoms with van der Waals surface area (Å²) in [7, 11) is 1.29. The predicted octanol–water partition coefficient (Wildman–Crippen LogP) is 2.06. The van der Waals surface area contributed by atoms with E-state index in [0.717, 1.165) is 12.0 Å². The van der Waals surface area contributed by atoms with Gasteiger partial charge in [-0.3, -0.25) is 0 Å². The summed E-state index contributed by atoms with van der Waals surface area (Å²) in [6, 6.07) is 6.34. The Morgan fingerprint density at radius 3 is 2.60 bits per heavy atom. The fraction of sp³-hybridized carbons (Fsp3) is 0.214. The highest BCUT2D eigenvalue weighted by Crippen LogP contribution is 2.05. The van der Waals surface area contributed by atoms with Crippen LogP contribution in [0.5, 0.6) is 0 Å². The van der Waals surface area contributed by atoms with Crippen molar-refractivity contribution in [3.05, 3.63) is 53.7 Å². The maximum atomic E-state index is 12.7. The first-order valence-electron chi connectivity index (χ1n) is 6.07. The van der Waals surface area contributed by atoms with Gasteiger partial charge >= 0.3 is 5.97 Å². The number of nitrogens with one attached hydrogen (secondary N) is 1. The second-order valence-corrected chi connectivity index (χ2v) is 4.08. The number of rotatable bonds is 5. The van der Waals surface area contributed by atoms with Gasteiger partial charge in [-0.15, -0.1) is 0 Å². The fourth-order valence-electron chi connectivity index (χ4n) is 1.62. The molecule has 0 amide bonds. The van der Waals surface area contributed by atoms with E-state index >= 15 is 0 Å². The first-order chi connectivity index (χ1) is 9.69. The Morgan fingerprint density at radius 1 is 1.25 bits per heavy atom. The number of hydrogen-bond donors (Lipinski definition) is 1. The van der Waals surface area contributed by atoms with E-state index in [2.05, 4.69) is 20.0 Å². The van der Waals surface area contributed by atoms with Gasteiger partial charge in [0.2, 0.25) is 0 Å². The molecular weight excluding hydrogens is 261 g/mol. The number of carbonyl (C=O) groups excluding carboxylic acids is 1. The van der Waals surface area contributed by atoms with Crippen molar-refractivity contribution in [1.82, 2.24) is 9.97 Å². The molecule has 1 N–H and O–H groups in total. The average molecular weight is 275 g/mol. The summed E-state index contributed by atoms with van der Waals surface area (Å²) in [6.45, 7) is 0.637. The van der Waals surface area contributed by atoms with Crippen LogP contribution in [0.4, 0.5) is 10.2 Å². The molecule has 0 aliphatic carbocycles. The third-order valence-electron chi connectivity index (χ3n) is 2.68. The zero-order valence-corrected chi connectivity index (χ0v) is 11.0. The standard InChI is InChI=1S/C14H14FN3O2/c1-20-14(19)12-8-18-13(9-17-12)16-7-6-10-2-4-11(15)5-3-10/h2-5,8-9H,6-7H2,1H3,(H,16,18). The molecule has 0 saturated carbocycles. The molecule has 20 heavy (non-hydrogen) atoms. The van der Waals surface area contributed by atoms with Crippen molar-refractivity contribution < 1.29 is 13.9 Å². The summed E-state index contributed by atoms with van der Waals surface area (Å²) in [6.07, 6.45) is 3.56.